The molecule has 0 aliphatic carbocycles. The Bertz CT molecular complexity index is 352. The molecule has 1 atom stereocenters. The van der Waals surface area contributed by atoms with E-state index >= 15 is 0 Å². The summed E-state index contributed by atoms with van der Waals surface area (Å²) in [4.78, 5) is 0. The van der Waals surface area contributed by atoms with Crippen LogP contribution < -0.4 is 10.1 Å². The highest BCUT2D eigenvalue weighted by atomic mass is 16.5. The van der Waals surface area contributed by atoms with Gasteiger partial charge in [-0.2, -0.15) is 0 Å². The first kappa shape index (κ1) is 15.0. The molecule has 3 nitrogen and oxygen atoms in total. The van der Waals surface area contributed by atoms with Gasteiger partial charge in [-0.3, -0.25) is 0 Å². The van der Waals surface area contributed by atoms with Crippen molar-refractivity contribution in [2.24, 2.45) is 0 Å². The summed E-state index contributed by atoms with van der Waals surface area (Å²) in [6.45, 7) is 8.37. The average molecular weight is 251 g/mol. The Balaban J connectivity index is 2.59. The van der Waals surface area contributed by atoms with Gasteiger partial charge in [-0.1, -0.05) is 19.1 Å². The summed E-state index contributed by atoms with van der Waals surface area (Å²) in [5, 5.41) is 3.24. The summed E-state index contributed by atoms with van der Waals surface area (Å²) in [5.41, 5.74) is 2.41. The van der Waals surface area contributed by atoms with Gasteiger partial charge >= 0.3 is 0 Å². The van der Waals surface area contributed by atoms with Crippen molar-refractivity contribution in [3.8, 4) is 5.75 Å². The highest BCUT2D eigenvalue weighted by Crippen LogP contribution is 2.26. The minimum absolute atomic E-state index is 0.289. The third-order valence-corrected chi connectivity index (χ3v) is 2.90. The van der Waals surface area contributed by atoms with E-state index < -0.39 is 0 Å². The van der Waals surface area contributed by atoms with Gasteiger partial charge in [0, 0.05) is 18.2 Å². The molecule has 1 N–H and O–H groups in total. The first-order chi connectivity index (χ1) is 8.69. The van der Waals surface area contributed by atoms with E-state index in [0.29, 0.717) is 13.2 Å². The second kappa shape index (κ2) is 8.11. The zero-order valence-corrected chi connectivity index (χ0v) is 12.0. The summed E-state index contributed by atoms with van der Waals surface area (Å²) < 4.78 is 11.2. The molecule has 0 aliphatic rings. The van der Waals surface area contributed by atoms with Crippen LogP contribution in [0, 0.1) is 6.92 Å². The number of hydrogen-bond acceptors (Lipinski definition) is 3. The maximum atomic E-state index is 5.82. The number of aryl methyl sites for hydroxylation is 1. The Morgan fingerprint density at radius 1 is 1.22 bits per heavy atom. The van der Waals surface area contributed by atoms with E-state index in [1.165, 1.54) is 11.1 Å². The molecule has 0 spiro atoms. The molecule has 0 aromatic heterocycles. The van der Waals surface area contributed by atoms with E-state index in [-0.39, 0.29) is 6.04 Å². The minimum atomic E-state index is 0.289. The van der Waals surface area contributed by atoms with Gasteiger partial charge in [0.15, 0.2) is 0 Å². The van der Waals surface area contributed by atoms with Crippen LogP contribution in [0.2, 0.25) is 0 Å². The molecule has 1 rings (SSSR count). The largest absolute Gasteiger partial charge is 0.491 e. The minimum Gasteiger partial charge on any atom is -0.491 e. The van der Waals surface area contributed by atoms with Crippen LogP contribution in [0.1, 0.15) is 37.4 Å². The molecule has 0 radical (unpaired) electrons. The normalized spacial score (nSPS) is 12.4. The Morgan fingerprint density at radius 3 is 2.67 bits per heavy atom. The zero-order valence-electron chi connectivity index (χ0n) is 12.0. The fourth-order valence-corrected chi connectivity index (χ4v) is 1.74. The van der Waals surface area contributed by atoms with Crippen LogP contribution in [0.15, 0.2) is 18.2 Å². The molecule has 0 bridgehead atoms. The molecule has 0 saturated carbocycles. The van der Waals surface area contributed by atoms with E-state index in [9.17, 15) is 0 Å². The van der Waals surface area contributed by atoms with Gasteiger partial charge in [0.05, 0.1) is 6.61 Å². The molecular weight excluding hydrogens is 226 g/mol. The Morgan fingerprint density at radius 2 is 2.00 bits per heavy atom. The predicted octanol–water partition coefficient (Wildman–Crippen LogP) is 3.08. The van der Waals surface area contributed by atoms with Gasteiger partial charge in [-0.05, 0) is 38.9 Å². The van der Waals surface area contributed by atoms with Crippen LogP contribution in [0.3, 0.4) is 0 Å². The van der Waals surface area contributed by atoms with Gasteiger partial charge in [-0.15, -0.1) is 0 Å². The van der Waals surface area contributed by atoms with Crippen LogP contribution in [0.25, 0.3) is 0 Å². The maximum absolute atomic E-state index is 5.82. The first-order valence-electron chi connectivity index (χ1n) is 6.67. The van der Waals surface area contributed by atoms with Crippen molar-refractivity contribution < 1.29 is 9.47 Å². The topological polar surface area (TPSA) is 30.5 Å². The van der Waals surface area contributed by atoms with E-state index in [4.69, 9.17) is 9.47 Å². The summed E-state index contributed by atoms with van der Waals surface area (Å²) in [7, 11) is 1.96. The molecule has 3 heteroatoms. The van der Waals surface area contributed by atoms with Crippen molar-refractivity contribution in [3.63, 3.8) is 0 Å². The molecule has 0 saturated heterocycles. The molecular formula is C15H25NO2. The van der Waals surface area contributed by atoms with Gasteiger partial charge < -0.3 is 14.8 Å². The molecule has 102 valence electrons. The van der Waals surface area contributed by atoms with E-state index in [1.807, 2.05) is 7.05 Å². The smallest absolute Gasteiger partial charge is 0.124 e. The molecule has 1 aromatic carbocycles. The van der Waals surface area contributed by atoms with Crippen molar-refractivity contribution in [2.75, 3.05) is 26.9 Å². The molecule has 0 amide bonds. The Labute approximate surface area is 110 Å². The lowest BCUT2D eigenvalue weighted by Gasteiger charge is -2.17. The fourth-order valence-electron chi connectivity index (χ4n) is 1.74. The standard InChI is InChI=1S/C15H25NO2/c1-5-8-17-9-10-18-15-11-12(2)6-7-14(15)13(3)16-4/h6-7,11,13,16H,5,8-10H2,1-4H3. The highest BCUT2D eigenvalue weighted by Gasteiger charge is 2.10. The lowest BCUT2D eigenvalue weighted by molar-refractivity contribution is 0.100. The van der Waals surface area contributed by atoms with Crippen LogP contribution in [0.4, 0.5) is 0 Å². The van der Waals surface area contributed by atoms with Crippen LogP contribution in [0.5, 0.6) is 5.75 Å². The van der Waals surface area contributed by atoms with Crippen LogP contribution in [-0.2, 0) is 4.74 Å². The maximum Gasteiger partial charge on any atom is 0.124 e. The van der Waals surface area contributed by atoms with Crippen molar-refractivity contribution in [1.29, 1.82) is 0 Å². The van der Waals surface area contributed by atoms with Crippen molar-refractivity contribution in [3.05, 3.63) is 29.3 Å². The Hall–Kier alpha value is -1.06. The van der Waals surface area contributed by atoms with Gasteiger partial charge in [-0.25, -0.2) is 0 Å². The van der Waals surface area contributed by atoms with E-state index in [0.717, 1.165) is 18.8 Å². The van der Waals surface area contributed by atoms with Gasteiger partial charge in [0.1, 0.15) is 12.4 Å². The van der Waals surface area contributed by atoms with Crippen molar-refractivity contribution >= 4 is 0 Å². The zero-order chi connectivity index (χ0) is 13.4. The highest BCUT2D eigenvalue weighted by molar-refractivity contribution is 5.39. The number of ether oxygens (including phenoxy) is 2. The summed E-state index contributed by atoms with van der Waals surface area (Å²) in [5.74, 6) is 0.956. The molecule has 1 aromatic rings. The summed E-state index contributed by atoms with van der Waals surface area (Å²) in [6, 6.07) is 6.61. The van der Waals surface area contributed by atoms with Crippen molar-refractivity contribution in [1.82, 2.24) is 5.32 Å². The van der Waals surface area contributed by atoms with Crippen LogP contribution >= 0.6 is 0 Å². The molecule has 0 aliphatic heterocycles. The quantitative estimate of drug-likeness (QED) is 0.720. The third kappa shape index (κ3) is 4.67. The van der Waals surface area contributed by atoms with Gasteiger partial charge in [0.25, 0.3) is 0 Å². The van der Waals surface area contributed by atoms with E-state index in [2.05, 4.69) is 44.3 Å². The molecule has 1 unspecified atom stereocenters. The Kier molecular flexibility index (Phi) is 6.76. The molecule has 0 fully saturated rings. The lowest BCUT2D eigenvalue weighted by atomic mass is 10.1. The van der Waals surface area contributed by atoms with Gasteiger partial charge in [0.2, 0.25) is 0 Å². The monoisotopic (exact) mass is 251 g/mol. The number of nitrogens with one attached hydrogen (secondary N) is 1. The number of hydrogen-bond donors (Lipinski definition) is 1. The number of rotatable bonds is 8. The summed E-state index contributed by atoms with van der Waals surface area (Å²) in [6.07, 6.45) is 1.05. The fraction of sp³-hybridized carbons (Fsp3) is 0.600. The first-order valence-corrected chi connectivity index (χ1v) is 6.67. The molecule has 18 heavy (non-hydrogen) atoms. The van der Waals surface area contributed by atoms with Crippen LogP contribution in [-0.4, -0.2) is 26.9 Å². The SMILES string of the molecule is CCCOCCOc1cc(C)ccc1C(C)NC. The van der Waals surface area contributed by atoms with Crippen molar-refractivity contribution in [2.45, 2.75) is 33.2 Å². The summed E-state index contributed by atoms with van der Waals surface area (Å²) >= 11 is 0. The van der Waals surface area contributed by atoms with E-state index in [1.54, 1.807) is 0 Å². The predicted molar refractivity (Wildman–Crippen MR) is 75.3 cm³/mol. The third-order valence-electron chi connectivity index (χ3n) is 2.90. The molecule has 0 heterocycles. The average Bonchev–Trinajstić information content (AvgIpc) is 2.38. The second-order valence-corrected chi connectivity index (χ2v) is 4.51. The second-order valence-electron chi connectivity index (χ2n) is 4.51. The lowest BCUT2D eigenvalue weighted by Crippen LogP contribution is -2.15. The number of benzene rings is 1.